The van der Waals surface area contributed by atoms with Gasteiger partial charge in [-0.25, -0.2) is 0 Å². The summed E-state index contributed by atoms with van der Waals surface area (Å²) in [5.74, 6) is 0.906. The van der Waals surface area contributed by atoms with E-state index in [9.17, 15) is 0 Å². The molecule has 1 heterocycles. The van der Waals surface area contributed by atoms with Gasteiger partial charge >= 0.3 is 0 Å². The molecule has 1 atom stereocenters. The Morgan fingerprint density at radius 2 is 1.28 bits per heavy atom. The molecule has 1 unspecified atom stereocenters. The Morgan fingerprint density at radius 1 is 0.698 bits per heavy atom. The molecule has 5 aromatic rings. The van der Waals surface area contributed by atoms with Crippen LogP contribution in [0.15, 0.2) is 91.0 Å². The van der Waals surface area contributed by atoms with Gasteiger partial charge in [-0.3, -0.25) is 0 Å². The summed E-state index contributed by atoms with van der Waals surface area (Å²) >= 11 is 6.63. The normalized spacial score (nSPS) is 11.7. The Balaban J connectivity index is 0.00000165. The Morgan fingerprint density at radius 3 is 1.91 bits per heavy atom. The molecular formula is C39H42ClHfN2-3. The molecular weight excluding hydrogens is 710 g/mol. The average molecular weight is 753 g/mol. The van der Waals surface area contributed by atoms with Gasteiger partial charge in [0.2, 0.25) is 0 Å². The number of halogens is 1. The summed E-state index contributed by atoms with van der Waals surface area (Å²) in [4.78, 5) is 5.28. The summed E-state index contributed by atoms with van der Waals surface area (Å²) in [7, 11) is 0. The van der Waals surface area contributed by atoms with Gasteiger partial charge < -0.3 is 17.2 Å². The van der Waals surface area contributed by atoms with Crippen molar-refractivity contribution in [3.8, 4) is 11.3 Å². The number of fused-ring (bicyclic) bond motifs is 1. The van der Waals surface area contributed by atoms with Crippen LogP contribution >= 0.6 is 11.6 Å². The first-order valence-electron chi connectivity index (χ1n) is 14.9. The second-order valence-corrected chi connectivity index (χ2v) is 11.9. The second-order valence-electron chi connectivity index (χ2n) is 11.4. The van der Waals surface area contributed by atoms with E-state index >= 15 is 0 Å². The number of rotatable bonds is 8. The first-order valence-corrected chi connectivity index (χ1v) is 15.3. The molecule has 1 aromatic heterocycles. The predicted molar refractivity (Wildman–Crippen MR) is 182 cm³/mol. The predicted octanol–water partition coefficient (Wildman–Crippen LogP) is 12.4. The Kier molecular flexibility index (Phi) is 12.8. The Bertz CT molecular complexity index is 1610. The number of aromatic nitrogens is 1. The van der Waals surface area contributed by atoms with E-state index in [1.54, 1.807) is 6.92 Å². The van der Waals surface area contributed by atoms with Crippen molar-refractivity contribution in [2.45, 2.75) is 72.3 Å². The third kappa shape index (κ3) is 7.86. The second kappa shape index (κ2) is 15.8. The largest absolute Gasteiger partial charge is 0.673 e. The minimum absolute atomic E-state index is 0. The van der Waals surface area contributed by atoms with E-state index in [2.05, 4.69) is 139 Å². The molecule has 0 aliphatic carbocycles. The molecule has 4 heteroatoms. The molecule has 0 fully saturated rings. The molecule has 0 amide bonds. The van der Waals surface area contributed by atoms with Crippen LogP contribution in [0, 0.1) is 13.0 Å². The summed E-state index contributed by atoms with van der Waals surface area (Å²) in [6.07, 6.45) is 0. The average Bonchev–Trinajstić information content (AvgIpc) is 3.00. The van der Waals surface area contributed by atoms with Gasteiger partial charge in [-0.15, -0.1) is 34.8 Å². The van der Waals surface area contributed by atoms with E-state index in [0.29, 0.717) is 5.92 Å². The van der Waals surface area contributed by atoms with Crippen LogP contribution in [0.1, 0.15) is 100 Å². The van der Waals surface area contributed by atoms with Gasteiger partial charge in [-0.2, -0.15) is 6.92 Å². The van der Waals surface area contributed by atoms with Crippen molar-refractivity contribution in [2.24, 2.45) is 0 Å². The molecule has 0 saturated heterocycles. The number of hydrogen-bond donors (Lipinski definition) is 0. The Hall–Kier alpha value is -2.75. The third-order valence-electron chi connectivity index (χ3n) is 7.58. The van der Waals surface area contributed by atoms with Crippen LogP contribution in [0.4, 0.5) is 5.69 Å². The summed E-state index contributed by atoms with van der Waals surface area (Å²) in [6.45, 7) is 18.3. The maximum Gasteiger partial charge on any atom is 0.0410 e. The van der Waals surface area contributed by atoms with E-state index in [4.69, 9.17) is 21.9 Å². The molecule has 0 aliphatic heterocycles. The molecule has 2 nitrogen and oxygen atoms in total. The van der Waals surface area contributed by atoms with Crippen LogP contribution in [-0.2, 0) is 25.8 Å². The number of benzene rings is 4. The minimum Gasteiger partial charge on any atom is -0.673 e. The SMILES string of the molecule is CC(C)c1ccccc1C([N-]c1c(C(C)C)cc(Cl)cc1C(C)C)c1cccc(-c2[c-]ccc3ccccc23)n1.[CH2-]C.[Hf]. The first-order chi connectivity index (χ1) is 20.2. The van der Waals surface area contributed by atoms with Crippen molar-refractivity contribution in [3.63, 3.8) is 0 Å². The van der Waals surface area contributed by atoms with Gasteiger partial charge in [0.1, 0.15) is 0 Å². The van der Waals surface area contributed by atoms with E-state index < -0.39 is 0 Å². The van der Waals surface area contributed by atoms with E-state index in [-0.39, 0.29) is 43.7 Å². The van der Waals surface area contributed by atoms with Gasteiger partial charge in [0.15, 0.2) is 0 Å². The fourth-order valence-corrected chi connectivity index (χ4v) is 5.73. The van der Waals surface area contributed by atoms with Gasteiger partial charge in [-0.1, -0.05) is 136 Å². The van der Waals surface area contributed by atoms with Crippen molar-refractivity contribution >= 4 is 28.1 Å². The van der Waals surface area contributed by atoms with Gasteiger partial charge in [0.05, 0.1) is 0 Å². The molecule has 0 spiro atoms. The molecule has 0 saturated carbocycles. The van der Waals surface area contributed by atoms with Gasteiger partial charge in [-0.05, 0) is 53.3 Å². The van der Waals surface area contributed by atoms with E-state index in [0.717, 1.165) is 33.0 Å². The number of pyridine rings is 1. The summed E-state index contributed by atoms with van der Waals surface area (Å²) in [6, 6.07) is 34.8. The fourth-order valence-electron chi connectivity index (χ4n) is 5.50. The van der Waals surface area contributed by atoms with Crippen LogP contribution in [0.2, 0.25) is 5.02 Å². The molecule has 0 bridgehead atoms. The van der Waals surface area contributed by atoms with Crippen molar-refractivity contribution in [1.29, 1.82) is 0 Å². The first kappa shape index (κ1) is 34.7. The topological polar surface area (TPSA) is 27.0 Å². The molecule has 5 rings (SSSR count). The maximum absolute atomic E-state index is 6.63. The fraction of sp³-hybridized carbons (Fsp3) is 0.282. The van der Waals surface area contributed by atoms with Crippen LogP contribution in [0.3, 0.4) is 0 Å². The van der Waals surface area contributed by atoms with Crippen molar-refractivity contribution in [1.82, 2.24) is 4.98 Å². The molecule has 222 valence electrons. The summed E-state index contributed by atoms with van der Waals surface area (Å²) in [5, 5.41) is 8.68. The number of hydrogen-bond acceptors (Lipinski definition) is 1. The van der Waals surface area contributed by atoms with Crippen molar-refractivity contribution in [3.05, 3.63) is 142 Å². The molecule has 4 aromatic carbocycles. The van der Waals surface area contributed by atoms with Crippen LogP contribution < -0.4 is 0 Å². The molecule has 0 aliphatic rings. The molecule has 0 radical (unpaired) electrons. The summed E-state index contributed by atoms with van der Waals surface area (Å²) in [5.41, 5.74) is 8.67. The van der Waals surface area contributed by atoms with Gasteiger partial charge in [0.25, 0.3) is 0 Å². The van der Waals surface area contributed by atoms with Crippen LogP contribution in [0.25, 0.3) is 27.3 Å². The van der Waals surface area contributed by atoms with Crippen molar-refractivity contribution < 1.29 is 25.8 Å². The summed E-state index contributed by atoms with van der Waals surface area (Å²) < 4.78 is 0. The molecule has 43 heavy (non-hydrogen) atoms. The van der Waals surface area contributed by atoms with Crippen LogP contribution in [0.5, 0.6) is 0 Å². The third-order valence-corrected chi connectivity index (χ3v) is 7.79. The van der Waals surface area contributed by atoms with E-state index in [1.807, 2.05) is 6.07 Å². The smallest absolute Gasteiger partial charge is 0.0410 e. The Labute approximate surface area is 283 Å². The quantitative estimate of drug-likeness (QED) is 0.115. The zero-order chi connectivity index (χ0) is 30.4. The van der Waals surface area contributed by atoms with Crippen LogP contribution in [-0.4, -0.2) is 4.98 Å². The molecule has 0 N–H and O–H groups in total. The standard InChI is InChI=1S/C37H37ClN2.C2H5.Hf/c1-23(2)28-15-9-10-17-31(28)37(40-36-32(24(3)4)21-27(38)22-33(36)25(5)6)35-20-12-19-34(39-35)30-18-11-14-26-13-7-8-16-29(26)30;1-2;/h7-17,19-25,37H,1-6H3;1H2,2H3;/q-2;-1;. The maximum atomic E-state index is 6.63. The van der Waals surface area contributed by atoms with Crippen molar-refractivity contribution in [2.75, 3.05) is 0 Å². The zero-order valence-electron chi connectivity index (χ0n) is 26.4. The monoisotopic (exact) mass is 753 g/mol. The zero-order valence-corrected chi connectivity index (χ0v) is 30.8. The number of nitrogens with zero attached hydrogens (tertiary/aromatic N) is 2. The van der Waals surface area contributed by atoms with E-state index in [1.165, 1.54) is 27.6 Å². The van der Waals surface area contributed by atoms with Gasteiger partial charge in [0, 0.05) is 36.6 Å². The minimum atomic E-state index is -0.273.